The first-order valence-corrected chi connectivity index (χ1v) is 5.13. The Hall–Kier alpha value is -1.28. The molecule has 0 spiro atoms. The molecule has 8 heteroatoms. The summed E-state index contributed by atoms with van der Waals surface area (Å²) in [6, 6.07) is -2.15. The Bertz CT molecular complexity index is 284. The normalized spacial score (nSPS) is 13.9. The van der Waals surface area contributed by atoms with Crippen molar-refractivity contribution in [2.75, 3.05) is 5.75 Å². The van der Waals surface area contributed by atoms with Gasteiger partial charge in [0.2, 0.25) is 5.91 Å². The molecule has 0 aliphatic heterocycles. The molecule has 0 heterocycles. The predicted molar refractivity (Wildman–Crippen MR) is 58.3 cm³/mol. The lowest BCUT2D eigenvalue weighted by atomic mass is 10.1. The highest BCUT2D eigenvalue weighted by atomic mass is 32.1. The van der Waals surface area contributed by atoms with Crippen LogP contribution < -0.4 is 11.1 Å². The van der Waals surface area contributed by atoms with Crippen LogP contribution in [0.5, 0.6) is 0 Å². The van der Waals surface area contributed by atoms with Crippen molar-refractivity contribution >= 4 is 30.5 Å². The molecule has 1 amide bonds. The third kappa shape index (κ3) is 5.56. The lowest BCUT2D eigenvalue weighted by molar-refractivity contribution is -0.143. The van der Waals surface area contributed by atoms with Gasteiger partial charge in [-0.25, -0.2) is 4.79 Å². The average molecular weight is 250 g/mol. The summed E-state index contributed by atoms with van der Waals surface area (Å²) in [7, 11) is 0. The highest BCUT2D eigenvalue weighted by Gasteiger charge is 2.23. The molecule has 0 radical (unpaired) electrons. The summed E-state index contributed by atoms with van der Waals surface area (Å²) >= 11 is 3.79. The molecule has 0 aromatic carbocycles. The summed E-state index contributed by atoms with van der Waals surface area (Å²) in [4.78, 5) is 32.2. The maximum Gasteiger partial charge on any atom is 0.326 e. The van der Waals surface area contributed by atoms with Gasteiger partial charge in [0, 0.05) is 12.2 Å². The second kappa shape index (κ2) is 7.07. The van der Waals surface area contributed by atoms with Crippen LogP contribution in [0.25, 0.3) is 0 Å². The lowest BCUT2D eigenvalue weighted by Crippen LogP contribution is -2.49. The Morgan fingerprint density at radius 2 is 1.88 bits per heavy atom. The van der Waals surface area contributed by atoms with Gasteiger partial charge in [0.05, 0.1) is 6.04 Å². The highest BCUT2D eigenvalue weighted by Crippen LogP contribution is 1.99. The molecule has 0 fully saturated rings. The van der Waals surface area contributed by atoms with Gasteiger partial charge < -0.3 is 21.3 Å². The first kappa shape index (κ1) is 14.7. The zero-order chi connectivity index (χ0) is 12.7. The van der Waals surface area contributed by atoms with Gasteiger partial charge in [0.15, 0.2) is 0 Å². The van der Waals surface area contributed by atoms with Crippen LogP contribution >= 0.6 is 12.6 Å². The van der Waals surface area contributed by atoms with E-state index in [2.05, 4.69) is 17.9 Å². The van der Waals surface area contributed by atoms with E-state index in [0.29, 0.717) is 0 Å². The average Bonchev–Trinajstić information content (AvgIpc) is 2.21. The van der Waals surface area contributed by atoms with Crippen LogP contribution in [-0.4, -0.2) is 45.9 Å². The van der Waals surface area contributed by atoms with E-state index >= 15 is 0 Å². The minimum absolute atomic E-state index is 0.0805. The van der Waals surface area contributed by atoms with Crippen LogP contribution in [0.15, 0.2) is 0 Å². The van der Waals surface area contributed by atoms with Gasteiger partial charge in [-0.3, -0.25) is 9.59 Å². The molecule has 7 nitrogen and oxygen atoms in total. The molecule has 0 saturated carbocycles. The molecular weight excluding hydrogens is 236 g/mol. The molecule has 5 N–H and O–H groups in total. The first-order chi connectivity index (χ1) is 7.38. The van der Waals surface area contributed by atoms with E-state index < -0.39 is 29.9 Å². The summed E-state index contributed by atoms with van der Waals surface area (Å²) < 4.78 is 0. The molecule has 2 unspecified atom stereocenters. The van der Waals surface area contributed by atoms with Gasteiger partial charge in [-0.05, 0) is 6.42 Å². The van der Waals surface area contributed by atoms with Crippen molar-refractivity contribution in [3.05, 3.63) is 0 Å². The zero-order valence-corrected chi connectivity index (χ0v) is 9.31. The summed E-state index contributed by atoms with van der Waals surface area (Å²) in [6.45, 7) is 0. The Morgan fingerprint density at radius 3 is 2.25 bits per heavy atom. The fraction of sp³-hybridized carbons (Fsp3) is 0.625. The molecule has 0 bridgehead atoms. The van der Waals surface area contributed by atoms with E-state index in [0.717, 1.165) is 0 Å². The van der Waals surface area contributed by atoms with Crippen LogP contribution in [0.2, 0.25) is 0 Å². The van der Waals surface area contributed by atoms with Gasteiger partial charge >= 0.3 is 11.9 Å². The van der Waals surface area contributed by atoms with Crippen LogP contribution in [0.4, 0.5) is 0 Å². The largest absolute Gasteiger partial charge is 0.481 e. The van der Waals surface area contributed by atoms with Crippen molar-refractivity contribution in [3.8, 4) is 0 Å². The van der Waals surface area contributed by atoms with E-state index in [1.54, 1.807) is 0 Å². The van der Waals surface area contributed by atoms with Gasteiger partial charge in [-0.1, -0.05) is 0 Å². The molecular formula is C8H14N2O5S. The quantitative estimate of drug-likeness (QED) is 0.356. The number of carboxylic acids is 2. The SMILES string of the molecule is NC(CS)C(=O)NC(CCC(=O)O)C(=O)O. The highest BCUT2D eigenvalue weighted by molar-refractivity contribution is 7.80. The van der Waals surface area contributed by atoms with Crippen molar-refractivity contribution in [1.29, 1.82) is 0 Å². The van der Waals surface area contributed by atoms with Gasteiger partial charge in [0.1, 0.15) is 6.04 Å². The maximum atomic E-state index is 11.2. The summed E-state index contributed by atoms with van der Waals surface area (Å²) in [5.41, 5.74) is 5.32. The number of nitrogens with two attached hydrogens (primary N) is 1. The molecule has 0 aromatic heterocycles. The minimum atomic E-state index is -1.29. The second-order valence-corrected chi connectivity index (χ2v) is 3.49. The van der Waals surface area contributed by atoms with Crippen molar-refractivity contribution in [3.63, 3.8) is 0 Å². The molecule has 2 atom stereocenters. The maximum absolute atomic E-state index is 11.2. The Morgan fingerprint density at radius 1 is 1.31 bits per heavy atom. The fourth-order valence-electron chi connectivity index (χ4n) is 0.887. The standard InChI is InChI=1S/C8H14N2O5S/c9-4(3-16)7(13)10-5(8(14)15)1-2-6(11)12/h4-5,16H,1-3,9H2,(H,10,13)(H,11,12)(H,14,15). The topological polar surface area (TPSA) is 130 Å². The van der Waals surface area contributed by atoms with Gasteiger partial charge in [-0.15, -0.1) is 0 Å². The van der Waals surface area contributed by atoms with Crippen LogP contribution in [-0.2, 0) is 14.4 Å². The number of thiol groups is 1. The van der Waals surface area contributed by atoms with Gasteiger partial charge in [-0.2, -0.15) is 12.6 Å². The van der Waals surface area contributed by atoms with Crippen molar-refractivity contribution < 1.29 is 24.6 Å². The van der Waals surface area contributed by atoms with E-state index in [1.165, 1.54) is 0 Å². The van der Waals surface area contributed by atoms with Crippen molar-refractivity contribution in [1.82, 2.24) is 5.32 Å². The minimum Gasteiger partial charge on any atom is -0.481 e. The molecule has 16 heavy (non-hydrogen) atoms. The van der Waals surface area contributed by atoms with Gasteiger partial charge in [0.25, 0.3) is 0 Å². The Balaban J connectivity index is 4.28. The molecule has 0 aliphatic carbocycles. The smallest absolute Gasteiger partial charge is 0.326 e. The summed E-state index contributed by atoms with van der Waals surface area (Å²) in [5, 5.41) is 19.3. The summed E-state index contributed by atoms with van der Waals surface area (Å²) in [6.07, 6.45) is -0.525. The first-order valence-electron chi connectivity index (χ1n) is 4.50. The predicted octanol–water partition coefficient (Wildman–Crippen LogP) is -1.32. The van der Waals surface area contributed by atoms with Crippen LogP contribution in [0, 0.1) is 0 Å². The Labute approximate surface area is 97.4 Å². The van der Waals surface area contributed by atoms with Crippen LogP contribution in [0.1, 0.15) is 12.8 Å². The van der Waals surface area contributed by atoms with E-state index in [-0.39, 0.29) is 18.6 Å². The zero-order valence-electron chi connectivity index (χ0n) is 8.42. The molecule has 0 rings (SSSR count). The van der Waals surface area contributed by atoms with Crippen molar-refractivity contribution in [2.24, 2.45) is 5.73 Å². The molecule has 92 valence electrons. The third-order valence-electron chi connectivity index (χ3n) is 1.79. The number of carbonyl (C=O) groups is 3. The number of amides is 1. The molecule has 0 aromatic rings. The van der Waals surface area contributed by atoms with E-state index in [9.17, 15) is 14.4 Å². The number of carbonyl (C=O) groups excluding carboxylic acids is 1. The number of carboxylic acid groups (broad SMARTS) is 2. The summed E-state index contributed by atoms with van der Waals surface area (Å²) in [5.74, 6) is -3.00. The van der Waals surface area contributed by atoms with Crippen LogP contribution in [0.3, 0.4) is 0 Å². The van der Waals surface area contributed by atoms with E-state index in [1.807, 2.05) is 0 Å². The second-order valence-electron chi connectivity index (χ2n) is 3.12. The monoisotopic (exact) mass is 250 g/mol. The lowest BCUT2D eigenvalue weighted by Gasteiger charge is -2.15. The molecule has 0 aliphatic rings. The number of hydrogen-bond acceptors (Lipinski definition) is 5. The van der Waals surface area contributed by atoms with Crippen molar-refractivity contribution in [2.45, 2.75) is 24.9 Å². The molecule has 0 saturated heterocycles. The van der Waals surface area contributed by atoms with E-state index in [4.69, 9.17) is 15.9 Å². The number of aliphatic carboxylic acids is 2. The Kier molecular flexibility index (Phi) is 6.50. The number of hydrogen-bond donors (Lipinski definition) is 5. The number of nitrogens with one attached hydrogen (secondary N) is 1. The number of rotatable bonds is 7. The third-order valence-corrected chi connectivity index (χ3v) is 2.19. The fourth-order valence-corrected chi connectivity index (χ4v) is 1.05.